The Kier molecular flexibility index (Phi) is 4.94. The number of ether oxygens (including phenoxy) is 4. The van der Waals surface area contributed by atoms with Gasteiger partial charge in [0.1, 0.15) is 5.22 Å². The van der Waals surface area contributed by atoms with Crippen molar-refractivity contribution >= 4 is 68.1 Å². The first-order valence-electron chi connectivity index (χ1n) is 7.10. The molecule has 3 atom stereocenters. The Morgan fingerprint density at radius 1 is 0.955 bits per heavy atom. The summed E-state index contributed by atoms with van der Waals surface area (Å²) in [6, 6.07) is -3.57. The fourth-order valence-electron chi connectivity index (χ4n) is 4.03. The Morgan fingerprint density at radius 2 is 1.64 bits per heavy atom. The van der Waals surface area contributed by atoms with Gasteiger partial charge in [0.05, 0.1) is 18.8 Å². The standard InChI is InChI=1S/C11H17Cl5O4Si2/c1-17-11(22(14,15)16)20-8-5-10(21(11,12)13)9(4-7-19-10)3-2-6-18-9/h2-8H2,1H3. The maximum atomic E-state index is 6.94. The van der Waals surface area contributed by atoms with Crippen molar-refractivity contribution in [3.05, 3.63) is 0 Å². The maximum Gasteiger partial charge on any atom is 0.401 e. The highest BCUT2D eigenvalue weighted by molar-refractivity contribution is 7.71. The van der Waals surface area contributed by atoms with Gasteiger partial charge in [0, 0.05) is 26.6 Å². The van der Waals surface area contributed by atoms with Gasteiger partial charge in [0.25, 0.3) is 0 Å². The van der Waals surface area contributed by atoms with E-state index in [1.165, 1.54) is 7.11 Å². The van der Waals surface area contributed by atoms with Crippen LogP contribution < -0.4 is 0 Å². The lowest BCUT2D eigenvalue weighted by molar-refractivity contribution is -0.171. The molecule has 2 spiro atoms. The monoisotopic (exact) mass is 444 g/mol. The van der Waals surface area contributed by atoms with E-state index in [-0.39, 0.29) is 0 Å². The Hall–Kier alpha value is 1.72. The Labute approximate surface area is 155 Å². The zero-order valence-electron chi connectivity index (χ0n) is 12.0. The third kappa shape index (κ3) is 2.16. The molecule has 0 aromatic rings. The van der Waals surface area contributed by atoms with Crippen LogP contribution in [-0.4, -0.2) is 55.5 Å². The lowest BCUT2D eigenvalue weighted by Crippen LogP contribution is -2.81. The molecule has 3 aliphatic heterocycles. The summed E-state index contributed by atoms with van der Waals surface area (Å²) in [6.45, 7) is -2.06. The predicted octanol–water partition coefficient (Wildman–Crippen LogP) is 3.65. The van der Waals surface area contributed by atoms with Gasteiger partial charge in [-0.25, -0.2) is 0 Å². The van der Waals surface area contributed by atoms with E-state index >= 15 is 0 Å². The lowest BCUT2D eigenvalue weighted by atomic mass is 9.89. The summed E-state index contributed by atoms with van der Waals surface area (Å²) >= 11 is 32.8. The molecule has 3 rings (SSSR count). The summed E-state index contributed by atoms with van der Waals surface area (Å²) in [5.74, 6) is 0. The van der Waals surface area contributed by atoms with Crippen molar-refractivity contribution in [1.82, 2.24) is 0 Å². The van der Waals surface area contributed by atoms with Crippen LogP contribution in [0.25, 0.3) is 0 Å². The molecular formula is C11H17Cl5O4Si2. The van der Waals surface area contributed by atoms with Gasteiger partial charge in [0.2, 0.25) is 5.03 Å². The van der Waals surface area contributed by atoms with Crippen LogP contribution in [0, 0.1) is 0 Å². The van der Waals surface area contributed by atoms with E-state index in [2.05, 4.69) is 0 Å². The summed E-state index contributed by atoms with van der Waals surface area (Å²) < 4.78 is 23.6. The third-order valence-corrected chi connectivity index (χ3v) is 19.4. The number of fused-ring (bicyclic) bond motifs is 1. The third-order valence-electron chi connectivity index (χ3n) is 5.03. The molecule has 4 nitrogen and oxygen atoms in total. The highest BCUT2D eigenvalue weighted by Crippen LogP contribution is 2.62. The molecule has 3 saturated heterocycles. The Balaban J connectivity index is 2.13. The van der Waals surface area contributed by atoms with E-state index in [1.54, 1.807) is 0 Å². The molecule has 3 heterocycles. The topological polar surface area (TPSA) is 36.9 Å². The van der Waals surface area contributed by atoms with Crippen molar-refractivity contribution in [3.8, 4) is 0 Å². The van der Waals surface area contributed by atoms with E-state index in [0.717, 1.165) is 19.3 Å². The average Bonchev–Trinajstić information content (AvgIpc) is 3.02. The van der Waals surface area contributed by atoms with Crippen molar-refractivity contribution in [2.45, 2.75) is 41.5 Å². The highest BCUT2D eigenvalue weighted by atomic mass is 35.8. The molecule has 0 radical (unpaired) electrons. The first-order chi connectivity index (χ1) is 10.2. The van der Waals surface area contributed by atoms with Gasteiger partial charge in [-0.05, 0) is 12.8 Å². The minimum Gasteiger partial charge on any atom is -0.372 e. The molecule has 0 aliphatic carbocycles. The van der Waals surface area contributed by atoms with E-state index in [4.69, 9.17) is 74.3 Å². The lowest BCUT2D eigenvalue weighted by Gasteiger charge is -2.57. The number of hydrogen-bond donors (Lipinski definition) is 0. The zero-order chi connectivity index (χ0) is 16.3. The summed E-state index contributed by atoms with van der Waals surface area (Å²) in [5.41, 5.74) is -0.527. The van der Waals surface area contributed by atoms with Gasteiger partial charge in [0.15, 0.2) is 0 Å². The molecular weight excluding hydrogens is 430 g/mol. The molecule has 22 heavy (non-hydrogen) atoms. The molecule has 0 aromatic heterocycles. The highest BCUT2D eigenvalue weighted by Gasteiger charge is 2.83. The number of halogens is 5. The van der Waals surface area contributed by atoms with Crippen molar-refractivity contribution in [2.24, 2.45) is 0 Å². The zero-order valence-corrected chi connectivity index (χ0v) is 17.8. The van der Waals surface area contributed by atoms with Crippen LogP contribution >= 0.6 is 55.4 Å². The molecule has 0 amide bonds. The van der Waals surface area contributed by atoms with Gasteiger partial charge in [-0.1, -0.05) is 0 Å². The molecule has 11 heteroatoms. The average molecular weight is 447 g/mol. The summed E-state index contributed by atoms with van der Waals surface area (Å²) in [5, 5.41) is -2.47. The largest absolute Gasteiger partial charge is 0.401 e. The summed E-state index contributed by atoms with van der Waals surface area (Å²) in [6.07, 6.45) is 3.03. The predicted molar refractivity (Wildman–Crippen MR) is 92.3 cm³/mol. The van der Waals surface area contributed by atoms with E-state index in [1.807, 2.05) is 0 Å². The van der Waals surface area contributed by atoms with Crippen molar-refractivity contribution in [2.75, 3.05) is 26.9 Å². The van der Waals surface area contributed by atoms with Crippen LogP contribution in [-0.2, 0) is 18.9 Å². The first kappa shape index (κ1) is 18.5. The van der Waals surface area contributed by atoms with E-state index < -0.39 is 28.6 Å². The van der Waals surface area contributed by atoms with Crippen LogP contribution in [0.2, 0.25) is 0 Å². The van der Waals surface area contributed by atoms with E-state index in [0.29, 0.717) is 26.2 Å². The van der Waals surface area contributed by atoms with Gasteiger partial charge >= 0.3 is 12.7 Å². The second kappa shape index (κ2) is 5.88. The minimum absolute atomic E-state index is 0.300. The smallest absolute Gasteiger partial charge is 0.372 e. The summed E-state index contributed by atoms with van der Waals surface area (Å²) in [4.78, 5) is 0. The first-order valence-corrected chi connectivity index (χ1v) is 16.2. The quantitative estimate of drug-likeness (QED) is 0.479. The molecule has 3 aliphatic rings. The fraction of sp³-hybridized carbons (Fsp3) is 1.00. The molecule has 0 N–H and O–H groups in total. The molecule has 3 unspecified atom stereocenters. The van der Waals surface area contributed by atoms with Crippen molar-refractivity contribution in [1.29, 1.82) is 0 Å². The molecule has 0 aromatic carbocycles. The second-order valence-electron chi connectivity index (χ2n) is 5.86. The normalized spacial score (nSPS) is 45.0. The van der Waals surface area contributed by atoms with Gasteiger partial charge in [-0.3, -0.25) is 0 Å². The Morgan fingerprint density at radius 3 is 2.18 bits per heavy atom. The van der Waals surface area contributed by atoms with Crippen LogP contribution in [0.5, 0.6) is 0 Å². The van der Waals surface area contributed by atoms with Crippen LogP contribution in [0.15, 0.2) is 0 Å². The Bertz CT molecular complexity index is 451. The maximum absolute atomic E-state index is 6.94. The number of hydrogen-bond acceptors (Lipinski definition) is 4. The van der Waals surface area contributed by atoms with Crippen LogP contribution in [0.4, 0.5) is 0 Å². The number of rotatable bonds is 2. The van der Waals surface area contributed by atoms with Gasteiger partial charge in [-0.2, -0.15) is 0 Å². The molecule has 0 bridgehead atoms. The minimum atomic E-state index is -3.57. The molecule has 3 fully saturated rings. The second-order valence-corrected chi connectivity index (χ2v) is 21.5. The van der Waals surface area contributed by atoms with Gasteiger partial charge in [-0.15, -0.1) is 55.4 Å². The molecule has 0 saturated carbocycles. The van der Waals surface area contributed by atoms with Gasteiger partial charge < -0.3 is 18.9 Å². The van der Waals surface area contributed by atoms with Crippen molar-refractivity contribution < 1.29 is 18.9 Å². The fourth-order valence-corrected chi connectivity index (χ4v) is 22.1. The van der Waals surface area contributed by atoms with Crippen LogP contribution in [0.1, 0.15) is 25.7 Å². The summed E-state index contributed by atoms with van der Waals surface area (Å²) in [7, 11) is 1.41. The number of methoxy groups -OCH3 is 1. The molecule has 128 valence electrons. The van der Waals surface area contributed by atoms with Crippen molar-refractivity contribution in [3.63, 3.8) is 0 Å². The van der Waals surface area contributed by atoms with E-state index in [9.17, 15) is 0 Å². The SMILES string of the molecule is COC1([Si](Cl)(Cl)Cl)OCCC2(OCCC23CCCO3)[Si]1(Cl)Cl. The van der Waals surface area contributed by atoms with Crippen LogP contribution in [0.3, 0.4) is 0 Å².